The number of carbonyl (C=O) groups is 2. The van der Waals surface area contributed by atoms with Gasteiger partial charge in [0.2, 0.25) is 5.91 Å². The molecule has 1 aromatic heterocycles. The predicted octanol–water partition coefficient (Wildman–Crippen LogP) is -0.270. The van der Waals surface area contributed by atoms with Crippen LogP contribution in [0.1, 0.15) is 22.5 Å². The Morgan fingerprint density at radius 1 is 1.50 bits per heavy atom. The molecule has 0 bridgehead atoms. The molecule has 86 valence electrons. The number of carbonyl (C=O) groups excluding carboxylic acids is 1. The van der Waals surface area contributed by atoms with Gasteiger partial charge < -0.3 is 15.4 Å². The molecule has 0 fully saturated rings. The lowest BCUT2D eigenvalue weighted by molar-refractivity contribution is -0.118. The smallest absolute Gasteiger partial charge is 0.341 e. The molecular formula is C10H12N2O4. The van der Waals surface area contributed by atoms with Crippen molar-refractivity contribution in [3.63, 3.8) is 0 Å². The highest BCUT2D eigenvalue weighted by molar-refractivity contribution is 5.87. The van der Waals surface area contributed by atoms with E-state index in [0.29, 0.717) is 5.69 Å². The summed E-state index contributed by atoms with van der Waals surface area (Å²) in [6.07, 6.45) is 1.33. The predicted molar refractivity (Wildman–Crippen MR) is 56.2 cm³/mol. The van der Waals surface area contributed by atoms with E-state index in [1.165, 1.54) is 16.8 Å². The van der Waals surface area contributed by atoms with Crippen LogP contribution in [-0.4, -0.2) is 21.6 Å². The maximum atomic E-state index is 11.3. The second-order valence-corrected chi connectivity index (χ2v) is 3.41. The number of primary amides is 1. The van der Waals surface area contributed by atoms with Crippen LogP contribution >= 0.6 is 0 Å². The third-order valence-corrected chi connectivity index (χ3v) is 2.17. The number of nitrogens with two attached hydrogens (primary N) is 1. The molecule has 0 spiro atoms. The molecule has 1 amide bonds. The minimum absolute atomic E-state index is 0.1000. The summed E-state index contributed by atoms with van der Waals surface area (Å²) in [5, 5.41) is 8.75. The number of hydrogen-bond donors (Lipinski definition) is 2. The molecule has 0 atom stereocenters. The summed E-state index contributed by atoms with van der Waals surface area (Å²) < 4.78 is 1.52. The second-order valence-electron chi connectivity index (χ2n) is 3.41. The fourth-order valence-corrected chi connectivity index (χ4v) is 1.30. The van der Waals surface area contributed by atoms with Gasteiger partial charge >= 0.3 is 5.97 Å². The van der Waals surface area contributed by atoms with Crippen LogP contribution in [0.4, 0.5) is 0 Å². The highest BCUT2D eigenvalue weighted by atomic mass is 16.4. The fourth-order valence-electron chi connectivity index (χ4n) is 1.30. The van der Waals surface area contributed by atoms with Crippen molar-refractivity contribution in [2.24, 2.45) is 5.73 Å². The Balaban J connectivity index is 3.10. The molecule has 0 saturated heterocycles. The molecule has 0 aliphatic carbocycles. The van der Waals surface area contributed by atoms with Crippen molar-refractivity contribution in [1.29, 1.82) is 0 Å². The van der Waals surface area contributed by atoms with Crippen LogP contribution < -0.4 is 11.2 Å². The lowest BCUT2D eigenvalue weighted by Gasteiger charge is -2.09. The first-order chi connectivity index (χ1) is 7.41. The maximum absolute atomic E-state index is 11.3. The standard InChI is InChI=1S/C10H12N2O4/c1-6-4-8(13)7(10(15)16)5-12(6)3-2-9(11)14/h4-5H,2-3H2,1H3,(H2,11,14)(H,15,16). The van der Waals surface area contributed by atoms with E-state index in [2.05, 4.69) is 0 Å². The Morgan fingerprint density at radius 2 is 2.12 bits per heavy atom. The first-order valence-electron chi connectivity index (χ1n) is 4.64. The number of pyridine rings is 1. The number of aromatic carboxylic acids is 1. The van der Waals surface area contributed by atoms with Crippen molar-refractivity contribution >= 4 is 11.9 Å². The third-order valence-electron chi connectivity index (χ3n) is 2.17. The Morgan fingerprint density at radius 3 is 2.62 bits per heavy atom. The van der Waals surface area contributed by atoms with E-state index in [1.54, 1.807) is 6.92 Å². The number of carboxylic acid groups (broad SMARTS) is 1. The summed E-state index contributed by atoms with van der Waals surface area (Å²) in [6, 6.07) is 1.23. The van der Waals surface area contributed by atoms with Crippen molar-refractivity contribution < 1.29 is 14.7 Å². The van der Waals surface area contributed by atoms with Crippen LogP contribution in [0.25, 0.3) is 0 Å². The van der Waals surface area contributed by atoms with Crippen molar-refractivity contribution in [1.82, 2.24) is 4.57 Å². The van der Waals surface area contributed by atoms with Crippen LogP contribution in [0.15, 0.2) is 17.1 Å². The maximum Gasteiger partial charge on any atom is 0.341 e. The number of nitrogens with zero attached hydrogens (tertiary/aromatic N) is 1. The zero-order valence-corrected chi connectivity index (χ0v) is 8.77. The van der Waals surface area contributed by atoms with Crippen LogP contribution in [0, 0.1) is 6.92 Å². The van der Waals surface area contributed by atoms with Crippen molar-refractivity contribution in [2.45, 2.75) is 19.9 Å². The topological polar surface area (TPSA) is 102 Å². The van der Waals surface area contributed by atoms with Gasteiger partial charge in [0.25, 0.3) is 0 Å². The number of hydrogen-bond acceptors (Lipinski definition) is 3. The molecule has 0 aliphatic heterocycles. The van der Waals surface area contributed by atoms with E-state index < -0.39 is 17.3 Å². The number of carboxylic acids is 1. The van der Waals surface area contributed by atoms with Gasteiger partial charge in [0, 0.05) is 30.9 Å². The van der Waals surface area contributed by atoms with Crippen LogP contribution in [0.2, 0.25) is 0 Å². The summed E-state index contributed by atoms with van der Waals surface area (Å²) in [5.74, 6) is -1.76. The Labute approximate surface area is 91.3 Å². The molecule has 0 saturated carbocycles. The Bertz CT molecular complexity index is 490. The zero-order valence-electron chi connectivity index (χ0n) is 8.77. The molecule has 0 aliphatic rings. The summed E-state index contributed by atoms with van der Waals surface area (Å²) in [5.41, 5.74) is 4.73. The molecule has 0 unspecified atom stereocenters. The van der Waals surface area contributed by atoms with Gasteiger partial charge in [-0.15, -0.1) is 0 Å². The van der Waals surface area contributed by atoms with Gasteiger partial charge in [0.15, 0.2) is 5.43 Å². The minimum Gasteiger partial charge on any atom is -0.477 e. The van der Waals surface area contributed by atoms with Gasteiger partial charge in [-0.1, -0.05) is 0 Å². The SMILES string of the molecule is Cc1cc(=O)c(C(=O)O)cn1CCC(N)=O. The highest BCUT2D eigenvalue weighted by Gasteiger charge is 2.10. The van der Waals surface area contributed by atoms with E-state index >= 15 is 0 Å². The van der Waals surface area contributed by atoms with Crippen molar-refractivity contribution in [3.05, 3.63) is 33.7 Å². The van der Waals surface area contributed by atoms with Gasteiger partial charge in [-0.25, -0.2) is 4.79 Å². The summed E-state index contributed by atoms with van der Waals surface area (Å²) in [4.78, 5) is 32.6. The van der Waals surface area contributed by atoms with Crippen LogP contribution in [0.3, 0.4) is 0 Å². The van der Waals surface area contributed by atoms with E-state index in [-0.39, 0.29) is 18.5 Å². The van der Waals surface area contributed by atoms with Gasteiger partial charge in [0.1, 0.15) is 5.56 Å². The van der Waals surface area contributed by atoms with E-state index in [0.717, 1.165) is 0 Å². The summed E-state index contributed by atoms with van der Waals surface area (Å²) >= 11 is 0. The molecular weight excluding hydrogens is 212 g/mol. The number of aryl methyl sites for hydroxylation is 2. The van der Waals surface area contributed by atoms with Crippen LogP contribution in [-0.2, 0) is 11.3 Å². The molecule has 1 heterocycles. The average molecular weight is 224 g/mol. The highest BCUT2D eigenvalue weighted by Crippen LogP contribution is 2.01. The zero-order chi connectivity index (χ0) is 12.3. The molecule has 16 heavy (non-hydrogen) atoms. The average Bonchev–Trinajstić information content (AvgIpc) is 2.15. The van der Waals surface area contributed by atoms with E-state index in [4.69, 9.17) is 10.8 Å². The summed E-state index contributed by atoms with van der Waals surface area (Å²) in [6.45, 7) is 1.93. The van der Waals surface area contributed by atoms with E-state index in [1.807, 2.05) is 0 Å². The van der Waals surface area contributed by atoms with Crippen LogP contribution in [0.5, 0.6) is 0 Å². The van der Waals surface area contributed by atoms with Gasteiger partial charge in [-0.3, -0.25) is 9.59 Å². The number of aromatic nitrogens is 1. The lowest BCUT2D eigenvalue weighted by atomic mass is 10.2. The molecule has 1 rings (SSSR count). The summed E-state index contributed by atoms with van der Waals surface area (Å²) in [7, 11) is 0. The lowest BCUT2D eigenvalue weighted by Crippen LogP contribution is -2.21. The van der Waals surface area contributed by atoms with Crippen molar-refractivity contribution in [2.75, 3.05) is 0 Å². The Kier molecular flexibility index (Phi) is 3.44. The van der Waals surface area contributed by atoms with E-state index in [9.17, 15) is 14.4 Å². The fraction of sp³-hybridized carbons (Fsp3) is 0.300. The first-order valence-corrected chi connectivity index (χ1v) is 4.64. The van der Waals surface area contributed by atoms with Gasteiger partial charge in [-0.2, -0.15) is 0 Å². The van der Waals surface area contributed by atoms with Gasteiger partial charge in [0.05, 0.1) is 0 Å². The number of amides is 1. The normalized spacial score (nSPS) is 10.1. The number of rotatable bonds is 4. The molecule has 1 aromatic rings. The molecule has 0 radical (unpaired) electrons. The van der Waals surface area contributed by atoms with Gasteiger partial charge in [-0.05, 0) is 6.92 Å². The molecule has 0 aromatic carbocycles. The second kappa shape index (κ2) is 4.61. The third kappa shape index (κ3) is 2.69. The quantitative estimate of drug-likeness (QED) is 0.734. The monoisotopic (exact) mass is 224 g/mol. The van der Waals surface area contributed by atoms with Crippen molar-refractivity contribution in [3.8, 4) is 0 Å². The molecule has 6 heteroatoms. The molecule has 3 N–H and O–H groups in total. The largest absolute Gasteiger partial charge is 0.477 e. The Hall–Kier alpha value is -2.11. The minimum atomic E-state index is -1.28. The molecule has 6 nitrogen and oxygen atoms in total. The first kappa shape index (κ1) is 12.0.